The van der Waals surface area contributed by atoms with Crippen LogP contribution in [0.2, 0.25) is 0 Å². The van der Waals surface area contributed by atoms with Crippen molar-refractivity contribution in [1.29, 1.82) is 5.26 Å². The van der Waals surface area contributed by atoms with Crippen molar-refractivity contribution in [3.05, 3.63) is 65.0 Å². The summed E-state index contributed by atoms with van der Waals surface area (Å²) in [6, 6.07) is 20.1. The third kappa shape index (κ3) is 3.09. The fourth-order valence-corrected chi connectivity index (χ4v) is 3.51. The second kappa shape index (κ2) is 6.83. The summed E-state index contributed by atoms with van der Waals surface area (Å²) in [5, 5.41) is 10.1. The second-order valence-corrected chi connectivity index (χ2v) is 6.32. The van der Waals surface area contributed by atoms with E-state index in [1.54, 1.807) is 0 Å². The molecular formula is C18H14ClNOS. The quantitative estimate of drug-likeness (QED) is 0.578. The van der Waals surface area contributed by atoms with Gasteiger partial charge in [0.15, 0.2) is 0 Å². The van der Waals surface area contributed by atoms with E-state index < -0.39 is 0 Å². The normalized spacial score (nSPS) is 12.0. The molecule has 0 aliphatic heterocycles. The Morgan fingerprint density at radius 1 is 1.14 bits per heavy atom. The van der Waals surface area contributed by atoms with Crippen molar-refractivity contribution in [2.24, 2.45) is 0 Å². The molecule has 0 aliphatic carbocycles. The van der Waals surface area contributed by atoms with Crippen LogP contribution >= 0.6 is 22.9 Å². The first-order valence-electron chi connectivity index (χ1n) is 7.02. The lowest BCUT2D eigenvalue weighted by Gasteiger charge is -2.19. The number of ether oxygens (including phenoxy) is 1. The van der Waals surface area contributed by atoms with Crippen molar-refractivity contribution in [2.45, 2.75) is 12.5 Å². The Hall–Kier alpha value is -2.02. The van der Waals surface area contributed by atoms with Crippen LogP contribution < -0.4 is 4.74 Å². The van der Waals surface area contributed by atoms with Crippen LogP contribution in [0.25, 0.3) is 10.1 Å². The molecule has 0 bridgehead atoms. The molecule has 0 fully saturated rings. The van der Waals surface area contributed by atoms with E-state index in [1.165, 1.54) is 11.3 Å². The van der Waals surface area contributed by atoms with Crippen molar-refractivity contribution in [3.63, 3.8) is 0 Å². The summed E-state index contributed by atoms with van der Waals surface area (Å²) in [5.74, 6) is 1.34. The van der Waals surface area contributed by atoms with E-state index in [9.17, 15) is 0 Å². The number of halogens is 1. The number of hydrogen-bond donors (Lipinski definition) is 0. The van der Waals surface area contributed by atoms with Crippen LogP contribution in [0.3, 0.4) is 0 Å². The molecule has 22 heavy (non-hydrogen) atoms. The summed E-state index contributed by atoms with van der Waals surface area (Å²) < 4.78 is 7.24. The Bertz CT molecular complexity index is 807. The maximum Gasteiger partial charge on any atom is 0.138 e. The average Bonchev–Trinajstić information content (AvgIpc) is 2.99. The SMILES string of the molecule is N#Cc1cc2cccc(O[C@H](CCCl)c3ccccc3)c2s1. The predicted molar refractivity (Wildman–Crippen MR) is 91.7 cm³/mol. The number of alkyl halides is 1. The lowest BCUT2D eigenvalue weighted by atomic mass is 10.1. The highest BCUT2D eigenvalue weighted by molar-refractivity contribution is 7.19. The van der Waals surface area contributed by atoms with Crippen LogP contribution in [-0.2, 0) is 0 Å². The highest BCUT2D eigenvalue weighted by atomic mass is 35.5. The molecule has 4 heteroatoms. The molecule has 0 radical (unpaired) electrons. The number of fused-ring (bicyclic) bond motifs is 1. The van der Waals surface area contributed by atoms with Crippen molar-refractivity contribution < 1.29 is 4.74 Å². The maximum absolute atomic E-state index is 9.08. The molecule has 2 aromatic carbocycles. The van der Waals surface area contributed by atoms with E-state index in [1.807, 2.05) is 54.6 Å². The van der Waals surface area contributed by atoms with E-state index in [2.05, 4.69) is 6.07 Å². The fourth-order valence-electron chi connectivity index (χ4n) is 2.40. The minimum absolute atomic E-state index is 0.0862. The first-order chi connectivity index (χ1) is 10.8. The Labute approximate surface area is 138 Å². The van der Waals surface area contributed by atoms with Crippen molar-refractivity contribution >= 4 is 33.0 Å². The summed E-state index contributed by atoms with van der Waals surface area (Å²) >= 11 is 7.40. The Morgan fingerprint density at radius 3 is 2.68 bits per heavy atom. The fraction of sp³-hybridized carbons (Fsp3) is 0.167. The number of nitrogens with zero attached hydrogens (tertiary/aromatic N) is 1. The Morgan fingerprint density at radius 2 is 1.95 bits per heavy atom. The minimum atomic E-state index is -0.0862. The number of benzene rings is 2. The van der Waals surface area contributed by atoms with Gasteiger partial charge < -0.3 is 4.74 Å². The minimum Gasteiger partial charge on any atom is -0.484 e. The molecular weight excluding hydrogens is 314 g/mol. The van der Waals surface area contributed by atoms with E-state index in [4.69, 9.17) is 21.6 Å². The highest BCUT2D eigenvalue weighted by Gasteiger charge is 2.15. The van der Waals surface area contributed by atoms with E-state index in [0.29, 0.717) is 10.8 Å². The highest BCUT2D eigenvalue weighted by Crippen LogP contribution is 2.36. The summed E-state index contributed by atoms with van der Waals surface area (Å²) in [7, 11) is 0. The van der Waals surface area contributed by atoms with Crippen LogP contribution in [0, 0.1) is 11.3 Å². The van der Waals surface area contributed by atoms with Crippen molar-refractivity contribution in [3.8, 4) is 11.8 Å². The lowest BCUT2D eigenvalue weighted by Crippen LogP contribution is -2.08. The maximum atomic E-state index is 9.08. The van der Waals surface area contributed by atoms with E-state index >= 15 is 0 Å². The van der Waals surface area contributed by atoms with Gasteiger partial charge >= 0.3 is 0 Å². The van der Waals surface area contributed by atoms with Gasteiger partial charge in [-0.2, -0.15) is 5.26 Å². The summed E-state index contributed by atoms with van der Waals surface area (Å²) in [4.78, 5) is 0.694. The zero-order valence-electron chi connectivity index (χ0n) is 11.8. The van der Waals surface area contributed by atoms with Gasteiger partial charge in [0.25, 0.3) is 0 Å². The number of rotatable bonds is 5. The molecule has 0 saturated carbocycles. The van der Waals surface area contributed by atoms with Crippen molar-refractivity contribution in [2.75, 3.05) is 5.88 Å². The molecule has 0 N–H and O–H groups in total. The molecule has 0 spiro atoms. The predicted octanol–water partition coefficient (Wildman–Crippen LogP) is 5.52. The summed E-state index contributed by atoms with van der Waals surface area (Å²) in [6.07, 6.45) is 0.648. The summed E-state index contributed by atoms with van der Waals surface area (Å²) in [6.45, 7) is 0. The average molecular weight is 328 g/mol. The topological polar surface area (TPSA) is 33.0 Å². The third-order valence-corrected chi connectivity index (χ3v) is 4.72. The molecule has 1 aromatic heterocycles. The van der Waals surface area contributed by atoms with Crippen LogP contribution in [0.15, 0.2) is 54.6 Å². The monoisotopic (exact) mass is 327 g/mol. The first-order valence-corrected chi connectivity index (χ1v) is 8.37. The van der Waals surface area contributed by atoms with Crippen LogP contribution in [0.4, 0.5) is 0 Å². The number of nitriles is 1. The number of thiophene rings is 1. The second-order valence-electron chi connectivity index (χ2n) is 4.89. The lowest BCUT2D eigenvalue weighted by molar-refractivity contribution is 0.205. The molecule has 0 aliphatic rings. The van der Waals surface area contributed by atoms with Crippen LogP contribution in [-0.4, -0.2) is 5.88 Å². The van der Waals surface area contributed by atoms with Crippen molar-refractivity contribution in [1.82, 2.24) is 0 Å². The van der Waals surface area contributed by atoms with Gasteiger partial charge in [0.05, 0.1) is 4.70 Å². The molecule has 3 rings (SSSR count). The van der Waals surface area contributed by atoms with Gasteiger partial charge in [0, 0.05) is 12.3 Å². The van der Waals surface area contributed by atoms with Gasteiger partial charge in [-0.25, -0.2) is 0 Å². The standard InChI is InChI=1S/C18H14ClNOS/c19-10-9-16(13-5-2-1-3-6-13)21-17-8-4-7-14-11-15(12-20)22-18(14)17/h1-8,11,16H,9-10H2/t16-/m1/s1. The molecule has 1 heterocycles. The molecule has 0 unspecified atom stereocenters. The first kappa shape index (κ1) is 14.9. The van der Waals surface area contributed by atoms with Crippen LogP contribution in [0.1, 0.15) is 23.0 Å². The van der Waals surface area contributed by atoms with Crippen LogP contribution in [0.5, 0.6) is 5.75 Å². The van der Waals surface area contributed by atoms with Gasteiger partial charge in [-0.3, -0.25) is 0 Å². The third-order valence-electron chi connectivity index (χ3n) is 3.43. The van der Waals surface area contributed by atoms with E-state index in [0.717, 1.165) is 27.8 Å². The molecule has 110 valence electrons. The molecule has 0 amide bonds. The zero-order valence-corrected chi connectivity index (χ0v) is 13.4. The molecule has 2 nitrogen and oxygen atoms in total. The molecule has 1 atom stereocenters. The Kier molecular flexibility index (Phi) is 4.62. The zero-order chi connectivity index (χ0) is 15.4. The molecule has 3 aromatic rings. The van der Waals surface area contributed by atoms with Gasteiger partial charge in [-0.15, -0.1) is 22.9 Å². The van der Waals surface area contributed by atoms with Gasteiger partial charge in [0.2, 0.25) is 0 Å². The van der Waals surface area contributed by atoms with Gasteiger partial charge in [-0.05, 0) is 23.1 Å². The Balaban J connectivity index is 1.96. The summed E-state index contributed by atoms with van der Waals surface area (Å²) in [5.41, 5.74) is 1.11. The van der Waals surface area contributed by atoms with Gasteiger partial charge in [-0.1, -0.05) is 42.5 Å². The molecule has 0 saturated heterocycles. The largest absolute Gasteiger partial charge is 0.484 e. The number of hydrogen-bond acceptors (Lipinski definition) is 3. The van der Waals surface area contributed by atoms with Gasteiger partial charge in [0.1, 0.15) is 22.8 Å². The van der Waals surface area contributed by atoms with E-state index in [-0.39, 0.29) is 6.10 Å². The smallest absolute Gasteiger partial charge is 0.138 e.